The lowest BCUT2D eigenvalue weighted by molar-refractivity contribution is -0.384. The third kappa shape index (κ3) is 4.46. The SMILES string of the molecule is C[C@@H](O)c1ccc(N(C)CCS(C)(=O)=O)c([N+](=O)[O-])c1. The van der Waals surface area contributed by atoms with Gasteiger partial charge in [0.1, 0.15) is 15.5 Å². The lowest BCUT2D eigenvalue weighted by Gasteiger charge is -2.19. The molecule has 0 saturated carbocycles. The Morgan fingerprint density at radius 2 is 2.05 bits per heavy atom. The quantitative estimate of drug-likeness (QED) is 0.624. The highest BCUT2D eigenvalue weighted by molar-refractivity contribution is 7.90. The largest absolute Gasteiger partial charge is 0.389 e. The third-order valence-electron chi connectivity index (χ3n) is 2.89. The molecule has 20 heavy (non-hydrogen) atoms. The Kier molecular flexibility index (Phi) is 5.07. The summed E-state index contributed by atoms with van der Waals surface area (Å²) in [5, 5.41) is 20.5. The highest BCUT2D eigenvalue weighted by atomic mass is 32.2. The molecule has 8 heteroatoms. The summed E-state index contributed by atoms with van der Waals surface area (Å²) in [6.07, 6.45) is 0.315. The van der Waals surface area contributed by atoms with E-state index < -0.39 is 20.9 Å². The minimum Gasteiger partial charge on any atom is -0.389 e. The molecule has 0 spiro atoms. The second-order valence-corrected chi connectivity index (χ2v) is 6.99. The average molecular weight is 302 g/mol. The van der Waals surface area contributed by atoms with E-state index in [1.54, 1.807) is 13.1 Å². The summed E-state index contributed by atoms with van der Waals surface area (Å²) in [7, 11) is -1.54. The monoisotopic (exact) mass is 302 g/mol. The van der Waals surface area contributed by atoms with E-state index in [0.717, 1.165) is 6.26 Å². The minimum atomic E-state index is -3.13. The smallest absolute Gasteiger partial charge is 0.292 e. The summed E-state index contributed by atoms with van der Waals surface area (Å²) in [5.74, 6) is -0.0845. The zero-order chi connectivity index (χ0) is 15.5. The number of hydrogen-bond donors (Lipinski definition) is 1. The van der Waals surface area contributed by atoms with Crippen molar-refractivity contribution in [3.63, 3.8) is 0 Å². The summed E-state index contributed by atoms with van der Waals surface area (Å²) < 4.78 is 22.3. The third-order valence-corrected chi connectivity index (χ3v) is 3.81. The van der Waals surface area contributed by atoms with Crippen LogP contribution in [0.1, 0.15) is 18.6 Å². The van der Waals surface area contributed by atoms with E-state index in [1.165, 1.54) is 24.0 Å². The van der Waals surface area contributed by atoms with Crippen molar-refractivity contribution in [2.75, 3.05) is 30.5 Å². The fourth-order valence-corrected chi connectivity index (χ4v) is 2.30. The van der Waals surface area contributed by atoms with Crippen LogP contribution in [0, 0.1) is 10.1 Å². The Morgan fingerprint density at radius 1 is 1.45 bits per heavy atom. The molecule has 1 aromatic carbocycles. The number of benzene rings is 1. The van der Waals surface area contributed by atoms with Gasteiger partial charge in [0, 0.05) is 25.9 Å². The molecule has 0 aromatic heterocycles. The molecule has 0 radical (unpaired) electrons. The van der Waals surface area contributed by atoms with Gasteiger partial charge in [-0.05, 0) is 18.6 Å². The number of hydrogen-bond acceptors (Lipinski definition) is 6. The van der Waals surface area contributed by atoms with Gasteiger partial charge >= 0.3 is 0 Å². The summed E-state index contributed by atoms with van der Waals surface area (Å²) in [6.45, 7) is 1.68. The van der Waals surface area contributed by atoms with Gasteiger partial charge in [-0.3, -0.25) is 10.1 Å². The first-order valence-electron chi connectivity index (χ1n) is 5.97. The van der Waals surface area contributed by atoms with Gasteiger partial charge in [-0.2, -0.15) is 0 Å². The molecule has 0 aliphatic carbocycles. The van der Waals surface area contributed by atoms with Crippen molar-refractivity contribution < 1.29 is 18.4 Å². The van der Waals surface area contributed by atoms with Crippen LogP contribution in [-0.4, -0.2) is 44.0 Å². The van der Waals surface area contributed by atoms with Crippen LogP contribution in [0.5, 0.6) is 0 Å². The summed E-state index contributed by atoms with van der Waals surface area (Å²) >= 11 is 0. The molecule has 1 rings (SSSR count). The van der Waals surface area contributed by atoms with Gasteiger partial charge < -0.3 is 10.0 Å². The lowest BCUT2D eigenvalue weighted by Crippen LogP contribution is -2.25. The molecule has 0 saturated heterocycles. The van der Waals surface area contributed by atoms with Crippen LogP contribution >= 0.6 is 0 Å². The Balaban J connectivity index is 3.07. The van der Waals surface area contributed by atoms with Gasteiger partial charge in [-0.1, -0.05) is 6.07 Å². The first-order chi connectivity index (χ1) is 9.11. The van der Waals surface area contributed by atoms with E-state index in [2.05, 4.69) is 0 Å². The predicted molar refractivity (Wildman–Crippen MR) is 76.7 cm³/mol. The van der Waals surface area contributed by atoms with Gasteiger partial charge in [0.15, 0.2) is 0 Å². The number of aliphatic hydroxyl groups is 1. The first kappa shape index (κ1) is 16.4. The molecule has 0 aliphatic heterocycles. The van der Waals surface area contributed by atoms with Gasteiger partial charge in [0.25, 0.3) is 5.69 Å². The second-order valence-electron chi connectivity index (χ2n) is 4.73. The maximum Gasteiger partial charge on any atom is 0.292 e. The van der Waals surface area contributed by atoms with Crippen molar-refractivity contribution in [1.29, 1.82) is 0 Å². The molecule has 0 unspecified atom stereocenters. The average Bonchev–Trinajstić information content (AvgIpc) is 2.34. The van der Waals surface area contributed by atoms with Gasteiger partial charge in [0.2, 0.25) is 0 Å². The van der Waals surface area contributed by atoms with Crippen LogP contribution in [-0.2, 0) is 9.84 Å². The summed E-state index contributed by atoms with van der Waals surface area (Å²) in [5.41, 5.74) is 0.611. The van der Waals surface area contributed by atoms with Crippen LogP contribution in [0.15, 0.2) is 18.2 Å². The fraction of sp³-hybridized carbons (Fsp3) is 0.500. The molecular weight excluding hydrogens is 284 g/mol. The van der Waals surface area contributed by atoms with Crippen molar-refractivity contribution in [2.24, 2.45) is 0 Å². The molecule has 1 aromatic rings. The number of rotatable bonds is 6. The summed E-state index contributed by atoms with van der Waals surface area (Å²) in [6, 6.07) is 4.41. The number of nitro groups is 1. The number of nitro benzene ring substituents is 1. The van der Waals surface area contributed by atoms with E-state index in [1.807, 2.05) is 0 Å². The molecular formula is C12H18N2O5S. The predicted octanol–water partition coefficient (Wildman–Crippen LogP) is 1.13. The maximum atomic E-state index is 11.1. The van der Waals surface area contributed by atoms with E-state index in [9.17, 15) is 23.6 Å². The highest BCUT2D eigenvalue weighted by Gasteiger charge is 2.19. The van der Waals surface area contributed by atoms with E-state index >= 15 is 0 Å². The lowest BCUT2D eigenvalue weighted by atomic mass is 10.1. The Labute approximate surface area is 117 Å². The van der Waals surface area contributed by atoms with Gasteiger partial charge in [0.05, 0.1) is 16.8 Å². The first-order valence-corrected chi connectivity index (χ1v) is 8.03. The van der Waals surface area contributed by atoms with Crippen molar-refractivity contribution in [2.45, 2.75) is 13.0 Å². The standard InChI is InChI=1S/C12H18N2O5S/c1-9(15)10-4-5-11(12(8-10)14(16)17)13(2)6-7-20(3,18)19/h4-5,8-9,15H,6-7H2,1-3H3/t9-/m1/s1. The van der Waals surface area contributed by atoms with Crippen molar-refractivity contribution in [3.8, 4) is 0 Å². The molecule has 0 fully saturated rings. The number of sulfone groups is 1. The second kappa shape index (κ2) is 6.19. The molecule has 0 bridgehead atoms. The summed E-state index contributed by atoms with van der Waals surface area (Å²) in [4.78, 5) is 12.1. The number of aliphatic hydroxyl groups excluding tert-OH is 1. The van der Waals surface area contributed by atoms with Crippen molar-refractivity contribution in [3.05, 3.63) is 33.9 Å². The van der Waals surface area contributed by atoms with Crippen LogP contribution in [0.3, 0.4) is 0 Å². The van der Waals surface area contributed by atoms with Crippen LogP contribution < -0.4 is 4.90 Å². The Bertz CT molecular complexity index is 598. The van der Waals surface area contributed by atoms with Gasteiger partial charge in [-0.25, -0.2) is 8.42 Å². The Hall–Kier alpha value is -1.67. The molecule has 0 aliphatic rings. The van der Waals surface area contributed by atoms with Crippen molar-refractivity contribution >= 4 is 21.2 Å². The van der Waals surface area contributed by atoms with Crippen molar-refractivity contribution in [1.82, 2.24) is 0 Å². The molecule has 7 nitrogen and oxygen atoms in total. The zero-order valence-electron chi connectivity index (χ0n) is 11.6. The van der Waals surface area contributed by atoms with Crippen LogP contribution in [0.25, 0.3) is 0 Å². The molecule has 112 valence electrons. The molecule has 1 atom stereocenters. The highest BCUT2D eigenvalue weighted by Crippen LogP contribution is 2.30. The van der Waals surface area contributed by atoms with E-state index in [-0.39, 0.29) is 18.0 Å². The van der Waals surface area contributed by atoms with Crippen LogP contribution in [0.2, 0.25) is 0 Å². The van der Waals surface area contributed by atoms with Gasteiger partial charge in [-0.15, -0.1) is 0 Å². The topological polar surface area (TPSA) is 101 Å². The number of anilines is 1. The molecule has 1 N–H and O–H groups in total. The van der Waals surface area contributed by atoms with E-state index in [4.69, 9.17) is 0 Å². The fourth-order valence-electron chi connectivity index (χ4n) is 1.69. The maximum absolute atomic E-state index is 11.1. The molecule has 0 heterocycles. The normalized spacial score (nSPS) is 13.0. The van der Waals surface area contributed by atoms with Crippen LogP contribution in [0.4, 0.5) is 11.4 Å². The number of nitrogens with zero attached hydrogens (tertiary/aromatic N) is 2. The molecule has 0 amide bonds. The Morgan fingerprint density at radius 3 is 2.50 bits per heavy atom. The van der Waals surface area contributed by atoms with E-state index in [0.29, 0.717) is 11.3 Å². The minimum absolute atomic E-state index is 0.0845. The zero-order valence-corrected chi connectivity index (χ0v) is 12.4.